The number of pyridine rings is 2. The number of hydrogen-bond donors (Lipinski definition) is 1. The largest absolute Gasteiger partial charge is 0.481 e. The van der Waals surface area contributed by atoms with Crippen LogP contribution in [0.3, 0.4) is 0 Å². The lowest BCUT2D eigenvalue weighted by Gasteiger charge is -2.56. The standard InChI is InChI=1S/C32H33N3O4/c1-3-39-29-13-24(8-10-33-29)23-6-4-21(5-7-23)19-35-11-9-26-20(2)34-18-27(30(26)35)28(36)12-22-14-32(15-22)16-25(17-32)31(37)38/h4-11,13,18,22,25H,3,12,14-17,19H2,1-2H3,(H,37,38). The van der Waals surface area contributed by atoms with E-state index in [2.05, 4.69) is 38.8 Å². The van der Waals surface area contributed by atoms with Crippen LogP contribution in [0.15, 0.2) is 61.1 Å². The van der Waals surface area contributed by atoms with Crippen LogP contribution in [-0.2, 0) is 11.3 Å². The number of nitrogens with zero attached hydrogens (tertiary/aromatic N) is 3. The van der Waals surface area contributed by atoms with Gasteiger partial charge in [0.15, 0.2) is 5.78 Å². The Hall–Kier alpha value is -4.00. The lowest BCUT2D eigenvalue weighted by molar-refractivity contribution is -0.157. The first-order chi connectivity index (χ1) is 18.8. The maximum atomic E-state index is 13.5. The van der Waals surface area contributed by atoms with Gasteiger partial charge in [0, 0.05) is 48.7 Å². The number of carbonyl (C=O) groups excluding carboxylic acids is 1. The van der Waals surface area contributed by atoms with Crippen molar-refractivity contribution in [2.45, 2.75) is 52.5 Å². The third-order valence-electron chi connectivity index (χ3n) is 8.59. The molecule has 4 aromatic rings. The molecule has 0 amide bonds. The summed E-state index contributed by atoms with van der Waals surface area (Å²) >= 11 is 0. The molecule has 2 fully saturated rings. The second-order valence-electron chi connectivity index (χ2n) is 11.3. The Morgan fingerprint density at radius 1 is 1.05 bits per heavy atom. The number of rotatable bonds is 9. The van der Waals surface area contributed by atoms with Gasteiger partial charge in [0.1, 0.15) is 0 Å². The summed E-state index contributed by atoms with van der Waals surface area (Å²) in [6.07, 6.45) is 9.48. The molecule has 1 spiro atoms. The third-order valence-corrected chi connectivity index (χ3v) is 8.59. The molecular formula is C32H33N3O4. The monoisotopic (exact) mass is 523 g/mol. The minimum atomic E-state index is -0.684. The first-order valence-corrected chi connectivity index (χ1v) is 13.7. The summed E-state index contributed by atoms with van der Waals surface area (Å²) in [6.45, 7) is 5.15. The van der Waals surface area contributed by atoms with E-state index in [4.69, 9.17) is 4.74 Å². The topological polar surface area (TPSA) is 94.3 Å². The molecule has 1 N–H and O–H groups in total. The van der Waals surface area contributed by atoms with E-state index in [1.54, 1.807) is 12.4 Å². The van der Waals surface area contributed by atoms with Crippen molar-refractivity contribution in [3.8, 4) is 17.0 Å². The van der Waals surface area contributed by atoms with Crippen LogP contribution >= 0.6 is 0 Å². The van der Waals surface area contributed by atoms with Crippen molar-refractivity contribution in [2.24, 2.45) is 17.3 Å². The lowest BCUT2D eigenvalue weighted by Crippen LogP contribution is -2.50. The molecule has 0 atom stereocenters. The van der Waals surface area contributed by atoms with E-state index in [1.165, 1.54) is 0 Å². The van der Waals surface area contributed by atoms with Gasteiger partial charge >= 0.3 is 5.97 Å². The van der Waals surface area contributed by atoms with Crippen LogP contribution in [0.5, 0.6) is 5.88 Å². The Labute approximate surface area is 227 Å². The molecule has 2 aliphatic carbocycles. The van der Waals surface area contributed by atoms with Gasteiger partial charge in [-0.25, -0.2) is 4.98 Å². The number of Topliss-reactive ketones (excluding diaryl/α,β-unsaturated/α-hetero) is 1. The first kappa shape index (κ1) is 25.3. The Kier molecular flexibility index (Phi) is 6.45. The average Bonchev–Trinajstić information content (AvgIpc) is 3.30. The van der Waals surface area contributed by atoms with Gasteiger partial charge in [-0.2, -0.15) is 0 Å². The van der Waals surface area contributed by atoms with E-state index in [0.29, 0.717) is 36.9 Å². The highest BCUT2D eigenvalue weighted by Crippen LogP contribution is 2.62. The Morgan fingerprint density at radius 2 is 1.82 bits per heavy atom. The van der Waals surface area contributed by atoms with Gasteiger partial charge in [-0.1, -0.05) is 24.3 Å². The first-order valence-electron chi connectivity index (χ1n) is 13.7. The minimum Gasteiger partial charge on any atom is -0.481 e. The molecule has 0 aliphatic heterocycles. The van der Waals surface area contributed by atoms with Gasteiger partial charge in [0.25, 0.3) is 0 Å². The lowest BCUT2D eigenvalue weighted by atomic mass is 9.47. The summed E-state index contributed by atoms with van der Waals surface area (Å²) < 4.78 is 7.69. The maximum Gasteiger partial charge on any atom is 0.306 e. The van der Waals surface area contributed by atoms with E-state index in [1.807, 2.05) is 38.2 Å². The van der Waals surface area contributed by atoms with Crippen LogP contribution in [0, 0.1) is 24.2 Å². The van der Waals surface area contributed by atoms with Crippen molar-refractivity contribution in [1.82, 2.24) is 14.5 Å². The third kappa shape index (κ3) is 4.82. The molecule has 6 rings (SSSR count). The Bertz CT molecular complexity index is 1540. The second-order valence-corrected chi connectivity index (χ2v) is 11.3. The molecule has 2 saturated carbocycles. The Morgan fingerprint density at radius 3 is 2.54 bits per heavy atom. The molecule has 7 nitrogen and oxygen atoms in total. The zero-order chi connectivity index (χ0) is 27.1. The predicted molar refractivity (Wildman–Crippen MR) is 149 cm³/mol. The van der Waals surface area contributed by atoms with Gasteiger partial charge in [0.2, 0.25) is 5.88 Å². The fourth-order valence-electron chi connectivity index (χ4n) is 6.68. The van der Waals surface area contributed by atoms with Crippen LogP contribution in [0.25, 0.3) is 22.0 Å². The number of aromatic nitrogens is 3. The summed E-state index contributed by atoms with van der Waals surface area (Å²) in [5, 5.41) is 10.2. The Balaban J connectivity index is 1.18. The van der Waals surface area contributed by atoms with Gasteiger partial charge < -0.3 is 14.4 Å². The molecule has 1 aromatic carbocycles. The number of carboxylic acids is 1. The molecule has 0 bridgehead atoms. The summed E-state index contributed by atoms with van der Waals surface area (Å²) in [5.41, 5.74) is 5.99. The quantitative estimate of drug-likeness (QED) is 0.258. The summed E-state index contributed by atoms with van der Waals surface area (Å²) in [7, 11) is 0. The van der Waals surface area contributed by atoms with Gasteiger partial charge in [-0.15, -0.1) is 0 Å². The van der Waals surface area contributed by atoms with Crippen molar-refractivity contribution in [3.05, 3.63) is 77.9 Å². The van der Waals surface area contributed by atoms with Crippen LogP contribution in [0.1, 0.15) is 60.6 Å². The number of aliphatic carboxylic acids is 1. The molecule has 0 radical (unpaired) electrons. The van der Waals surface area contributed by atoms with Crippen molar-refractivity contribution in [3.63, 3.8) is 0 Å². The number of ether oxygens (including phenoxy) is 1. The number of hydrogen-bond acceptors (Lipinski definition) is 5. The highest BCUT2D eigenvalue weighted by molar-refractivity contribution is 6.07. The highest BCUT2D eigenvalue weighted by atomic mass is 16.5. The summed E-state index contributed by atoms with van der Waals surface area (Å²) in [4.78, 5) is 33.5. The number of carboxylic acid groups (broad SMARTS) is 1. The molecule has 0 unspecified atom stereocenters. The highest BCUT2D eigenvalue weighted by Gasteiger charge is 2.54. The van der Waals surface area contributed by atoms with E-state index < -0.39 is 5.97 Å². The van der Waals surface area contributed by atoms with Gasteiger partial charge in [0.05, 0.1) is 23.6 Å². The fourth-order valence-corrected chi connectivity index (χ4v) is 6.68. The molecule has 0 saturated heterocycles. The zero-order valence-electron chi connectivity index (χ0n) is 22.4. The molecule has 200 valence electrons. The summed E-state index contributed by atoms with van der Waals surface area (Å²) in [6, 6.07) is 14.4. The molecule has 39 heavy (non-hydrogen) atoms. The predicted octanol–water partition coefficient (Wildman–Crippen LogP) is 6.32. The molecule has 7 heteroatoms. The van der Waals surface area contributed by atoms with E-state index in [-0.39, 0.29) is 17.1 Å². The number of fused-ring (bicyclic) bond motifs is 1. The van der Waals surface area contributed by atoms with E-state index in [0.717, 1.165) is 59.0 Å². The average molecular weight is 524 g/mol. The van der Waals surface area contributed by atoms with Crippen LogP contribution in [-0.4, -0.2) is 38.0 Å². The number of aryl methyl sites for hydroxylation is 1. The minimum absolute atomic E-state index is 0.125. The molecule has 3 heterocycles. The number of benzene rings is 1. The number of carbonyl (C=O) groups is 2. The smallest absolute Gasteiger partial charge is 0.306 e. The van der Waals surface area contributed by atoms with E-state index in [9.17, 15) is 14.7 Å². The van der Waals surface area contributed by atoms with Gasteiger partial charge in [-0.05, 0) is 79.7 Å². The molecule has 3 aromatic heterocycles. The van der Waals surface area contributed by atoms with Crippen molar-refractivity contribution >= 4 is 22.7 Å². The van der Waals surface area contributed by atoms with Crippen LogP contribution < -0.4 is 4.74 Å². The maximum absolute atomic E-state index is 13.5. The van der Waals surface area contributed by atoms with Crippen molar-refractivity contribution in [1.29, 1.82) is 0 Å². The van der Waals surface area contributed by atoms with Crippen molar-refractivity contribution < 1.29 is 19.4 Å². The second kappa shape index (κ2) is 9.95. The molecular weight excluding hydrogens is 490 g/mol. The van der Waals surface area contributed by atoms with Gasteiger partial charge in [-0.3, -0.25) is 14.6 Å². The van der Waals surface area contributed by atoms with Crippen LogP contribution in [0.2, 0.25) is 0 Å². The summed E-state index contributed by atoms with van der Waals surface area (Å²) in [5.74, 6) is 0.192. The molecule has 2 aliphatic rings. The normalized spacial score (nSPS) is 21.9. The van der Waals surface area contributed by atoms with E-state index >= 15 is 0 Å². The fraction of sp³-hybridized carbons (Fsp3) is 0.375. The van der Waals surface area contributed by atoms with Crippen LogP contribution in [0.4, 0.5) is 0 Å². The van der Waals surface area contributed by atoms with Crippen molar-refractivity contribution in [2.75, 3.05) is 6.61 Å². The SMILES string of the molecule is CCOc1cc(-c2ccc(Cn3ccc4c(C)ncc(C(=O)CC5CC6(C5)CC(C(=O)O)C6)c43)cc2)ccn1. The zero-order valence-corrected chi connectivity index (χ0v) is 22.4. The number of ketones is 1.